The van der Waals surface area contributed by atoms with Crippen molar-refractivity contribution in [2.24, 2.45) is 0 Å². The number of phosphoric acid groups is 1. The van der Waals surface area contributed by atoms with Crippen LogP contribution in [0.3, 0.4) is 0 Å². The molecule has 0 bridgehead atoms. The highest BCUT2D eigenvalue weighted by molar-refractivity contribution is 7.40. The van der Waals surface area contributed by atoms with Gasteiger partial charge < -0.3 is 32.7 Å². The smallest absolute Gasteiger partial charge is 0.0782 e. The molecule has 0 aromatic rings. The Morgan fingerprint density at radius 3 is 0.659 bits per heavy atom. The van der Waals surface area contributed by atoms with Gasteiger partial charge >= 0.3 is 0 Å². The summed E-state index contributed by atoms with van der Waals surface area (Å²) in [6.07, 6.45) is 20.5. The quantitative estimate of drug-likeness (QED) is 0.0862. The summed E-state index contributed by atoms with van der Waals surface area (Å²) in [5, 5.41) is 0. The van der Waals surface area contributed by atoms with Crippen LogP contribution in [0.25, 0.3) is 0 Å². The van der Waals surface area contributed by atoms with Crippen LogP contribution < -0.4 is 14.7 Å². The Hall–Kier alpha value is -0.0100. The third kappa shape index (κ3) is 53.0. The minimum Gasteiger partial charge on any atom is -0.822 e. The Bertz CT molecular complexity index is 497. The molecular weight excluding hydrogens is 533 g/mol. The van der Waals surface area contributed by atoms with Gasteiger partial charge in [0.15, 0.2) is 0 Å². The van der Waals surface area contributed by atoms with Crippen molar-refractivity contribution in [3.8, 4) is 0 Å². The van der Waals surface area contributed by atoms with E-state index in [0.29, 0.717) is 0 Å². The number of nitrogens with zero attached hydrogens (tertiary/aromatic N) is 3. The zero-order valence-electron chi connectivity index (χ0n) is 30.3. The van der Waals surface area contributed by atoms with E-state index in [9.17, 15) is 0 Å². The van der Waals surface area contributed by atoms with Crippen LogP contribution in [0.1, 0.15) is 138 Å². The summed E-state index contributed by atoms with van der Waals surface area (Å²) in [7, 11) is 8.73. The van der Waals surface area contributed by atoms with E-state index in [0.717, 1.165) is 0 Å². The van der Waals surface area contributed by atoms with Gasteiger partial charge in [-0.3, -0.25) is 0 Å². The van der Waals surface area contributed by atoms with Crippen LogP contribution in [0.15, 0.2) is 0 Å². The van der Waals surface area contributed by atoms with Crippen molar-refractivity contribution in [1.82, 2.24) is 0 Å². The van der Waals surface area contributed by atoms with Crippen molar-refractivity contribution < 1.29 is 32.7 Å². The molecule has 0 saturated heterocycles. The monoisotopic (exact) mass is 612 g/mol. The fraction of sp³-hybridized carbons (Fsp3) is 1.00. The molecule has 0 aliphatic heterocycles. The predicted molar refractivity (Wildman–Crippen MR) is 176 cm³/mol. The minimum absolute atomic E-state index is 1.22. The summed E-state index contributed by atoms with van der Waals surface area (Å²) < 4.78 is 12.2. The summed E-state index contributed by atoms with van der Waals surface area (Å²) in [6, 6.07) is 0. The number of hydrogen-bond donors (Lipinski definition) is 0. The first-order chi connectivity index (χ1) is 18.9. The molecule has 0 unspecified atom stereocenters. The lowest BCUT2D eigenvalue weighted by Gasteiger charge is -2.36. The third-order valence-corrected chi connectivity index (χ3v) is 7.45. The van der Waals surface area contributed by atoms with Crippen LogP contribution in [-0.2, 0) is 4.57 Å². The Balaban J connectivity index is -0.000000231. The molecule has 0 aliphatic carbocycles. The molecule has 0 fully saturated rings. The van der Waals surface area contributed by atoms with E-state index in [-0.39, 0.29) is 0 Å². The third-order valence-electron chi connectivity index (χ3n) is 7.45. The van der Waals surface area contributed by atoms with E-state index in [4.69, 9.17) is 19.2 Å². The van der Waals surface area contributed by atoms with Gasteiger partial charge in [0.2, 0.25) is 0 Å². The zero-order valence-corrected chi connectivity index (χ0v) is 31.2. The van der Waals surface area contributed by atoms with Crippen molar-refractivity contribution >= 4 is 7.82 Å². The first kappa shape index (κ1) is 47.9. The second-order valence-electron chi connectivity index (χ2n) is 13.8. The lowest BCUT2D eigenvalue weighted by atomic mass is 10.2. The number of hydrogen-bond acceptors (Lipinski definition) is 4. The van der Waals surface area contributed by atoms with Gasteiger partial charge in [0, 0.05) is 0 Å². The van der Waals surface area contributed by atoms with Crippen molar-refractivity contribution in [2.75, 3.05) is 81.6 Å². The fourth-order valence-corrected chi connectivity index (χ4v) is 4.46. The molecule has 0 N–H and O–H groups in total. The van der Waals surface area contributed by atoms with E-state index < -0.39 is 7.82 Å². The van der Waals surface area contributed by atoms with Gasteiger partial charge in [0.1, 0.15) is 0 Å². The van der Waals surface area contributed by atoms with Gasteiger partial charge in [-0.15, -0.1) is 0 Å². The maximum absolute atomic E-state index is 8.55. The van der Waals surface area contributed by atoms with Crippen LogP contribution in [0.5, 0.6) is 0 Å². The molecule has 0 saturated carbocycles. The molecular formula is C33H78N3O4P. The predicted octanol–water partition coefficient (Wildman–Crippen LogP) is 6.33. The van der Waals surface area contributed by atoms with Crippen LogP contribution in [0.4, 0.5) is 0 Å². The van der Waals surface area contributed by atoms with E-state index >= 15 is 0 Å². The van der Waals surface area contributed by atoms with Gasteiger partial charge in [-0.2, -0.15) is 7.82 Å². The number of quaternary nitrogens is 3. The zero-order chi connectivity index (χ0) is 32.8. The highest BCUT2D eigenvalue weighted by Gasteiger charge is 2.14. The maximum Gasteiger partial charge on any atom is 0.0782 e. The Morgan fingerprint density at radius 2 is 0.512 bits per heavy atom. The largest absolute Gasteiger partial charge is 0.822 e. The van der Waals surface area contributed by atoms with Crippen molar-refractivity contribution in [3.63, 3.8) is 0 Å². The van der Waals surface area contributed by atoms with Crippen molar-refractivity contribution in [2.45, 2.75) is 138 Å². The summed E-state index contributed by atoms with van der Waals surface area (Å²) in [4.78, 5) is 25.6. The molecule has 0 heterocycles. The first-order valence-corrected chi connectivity index (χ1v) is 18.5. The molecule has 0 aromatic carbocycles. The lowest BCUT2D eigenvalue weighted by Crippen LogP contribution is -2.41. The van der Waals surface area contributed by atoms with E-state index in [2.05, 4.69) is 83.8 Å². The van der Waals surface area contributed by atoms with Gasteiger partial charge in [-0.05, 0) is 57.8 Å². The Kier molecular flexibility index (Phi) is 35.1. The second-order valence-corrected chi connectivity index (χ2v) is 14.7. The SMILES string of the molecule is CCCCC[N+](C)(C)CCCC.CCCCC[N+](C)(C)CCCC.CCCCC[N+](C)(C)CCCC.O=P([O-])([O-])[O-]. The summed E-state index contributed by atoms with van der Waals surface area (Å²) in [5.74, 6) is 0. The molecule has 41 heavy (non-hydrogen) atoms. The second kappa shape index (κ2) is 30.0. The summed E-state index contributed by atoms with van der Waals surface area (Å²) >= 11 is 0. The normalized spacial score (nSPS) is 12.0. The Labute approximate surface area is 259 Å². The highest BCUT2D eigenvalue weighted by atomic mass is 31.2. The first-order valence-electron chi connectivity index (χ1n) is 17.1. The van der Waals surface area contributed by atoms with Crippen molar-refractivity contribution in [1.29, 1.82) is 0 Å². The van der Waals surface area contributed by atoms with Gasteiger partial charge in [0.05, 0.1) is 81.6 Å². The molecule has 0 aromatic heterocycles. The minimum atomic E-state index is -5.39. The van der Waals surface area contributed by atoms with Gasteiger partial charge in [-0.25, -0.2) is 0 Å². The molecule has 8 heteroatoms. The van der Waals surface area contributed by atoms with E-state index in [1.165, 1.54) is 149 Å². The molecule has 0 radical (unpaired) electrons. The molecule has 0 aliphatic rings. The maximum atomic E-state index is 8.55. The molecule has 0 amide bonds. The van der Waals surface area contributed by atoms with Crippen LogP contribution in [0, 0.1) is 0 Å². The number of unbranched alkanes of at least 4 members (excludes halogenated alkanes) is 9. The van der Waals surface area contributed by atoms with Crippen LogP contribution >= 0.6 is 7.82 Å². The van der Waals surface area contributed by atoms with Crippen LogP contribution in [0.2, 0.25) is 0 Å². The van der Waals surface area contributed by atoms with E-state index in [1.807, 2.05) is 0 Å². The lowest BCUT2D eigenvalue weighted by molar-refractivity contribution is -0.890. The van der Waals surface area contributed by atoms with Gasteiger partial charge in [-0.1, -0.05) is 80.1 Å². The van der Waals surface area contributed by atoms with Crippen molar-refractivity contribution in [3.05, 3.63) is 0 Å². The highest BCUT2D eigenvalue weighted by Crippen LogP contribution is 2.07. The Morgan fingerprint density at radius 1 is 0.366 bits per heavy atom. The number of rotatable bonds is 21. The standard InChI is InChI=1S/3C11H26N.H3O4P/c3*1-5-7-9-11-12(3,4)10-8-6-2;1-5(2,3)4/h3*5-11H2,1-4H3;(H3,1,2,3,4)/q3*+1;/p-3. The molecule has 0 atom stereocenters. The molecule has 0 rings (SSSR count). The fourth-order valence-electron chi connectivity index (χ4n) is 4.46. The topological polar surface area (TPSA) is 86.2 Å². The molecule has 0 spiro atoms. The van der Waals surface area contributed by atoms with Crippen LogP contribution in [-0.4, -0.2) is 95.0 Å². The average Bonchev–Trinajstić information content (AvgIpc) is 2.85. The summed E-state index contributed by atoms with van der Waals surface area (Å²) in [5.41, 5.74) is 0. The molecule has 254 valence electrons. The summed E-state index contributed by atoms with van der Waals surface area (Å²) in [6.45, 7) is 21.7. The molecule has 7 nitrogen and oxygen atoms in total. The van der Waals surface area contributed by atoms with Gasteiger partial charge in [0.25, 0.3) is 0 Å². The van der Waals surface area contributed by atoms with E-state index in [1.54, 1.807) is 0 Å². The average molecular weight is 612 g/mol.